The highest BCUT2D eigenvalue weighted by Crippen LogP contribution is 2.24. The zero-order chi connectivity index (χ0) is 17.9. The van der Waals surface area contributed by atoms with Crippen LogP contribution in [0.5, 0.6) is 0 Å². The standard InChI is InChI=1S/C17H25N7OS.2ClH/c1-2-14-11-19-17(26-14)23-9-7-22(8-10-23)16(25)15-12-24(21-20-15)13-3-5-18-6-4-13;;/h11-13,18H,2-10H2,1H3;2*1H. The van der Waals surface area contributed by atoms with Crippen molar-refractivity contribution in [2.24, 2.45) is 0 Å². The second-order valence-electron chi connectivity index (χ2n) is 6.81. The average molecular weight is 448 g/mol. The SMILES string of the molecule is CCc1cnc(N2CCN(C(=O)c3cn(C4CCNCC4)nn3)CC2)s1.Cl.Cl. The van der Waals surface area contributed by atoms with Gasteiger partial charge < -0.3 is 15.1 Å². The second-order valence-corrected chi connectivity index (χ2v) is 7.90. The number of rotatable bonds is 4. The monoisotopic (exact) mass is 447 g/mol. The van der Waals surface area contributed by atoms with Gasteiger partial charge in [-0.3, -0.25) is 4.79 Å². The minimum absolute atomic E-state index is 0. The maximum absolute atomic E-state index is 12.8. The molecule has 0 saturated carbocycles. The van der Waals surface area contributed by atoms with Crippen LogP contribution in [0.25, 0.3) is 0 Å². The van der Waals surface area contributed by atoms with Gasteiger partial charge in [0.25, 0.3) is 5.91 Å². The number of amides is 1. The highest BCUT2D eigenvalue weighted by atomic mass is 35.5. The third kappa shape index (κ3) is 4.94. The zero-order valence-electron chi connectivity index (χ0n) is 15.9. The van der Waals surface area contributed by atoms with Crippen LogP contribution in [0.15, 0.2) is 12.4 Å². The van der Waals surface area contributed by atoms with Gasteiger partial charge in [-0.05, 0) is 32.4 Å². The first-order valence-corrected chi connectivity index (χ1v) is 10.2. The number of nitrogens with one attached hydrogen (secondary N) is 1. The minimum atomic E-state index is -0.0155. The topological polar surface area (TPSA) is 79.2 Å². The predicted molar refractivity (Wildman–Crippen MR) is 115 cm³/mol. The molecule has 2 saturated heterocycles. The molecular formula is C17H27Cl2N7OS. The number of thiazole rings is 1. The molecule has 0 radical (unpaired) electrons. The number of hydrogen-bond donors (Lipinski definition) is 1. The highest BCUT2D eigenvalue weighted by molar-refractivity contribution is 7.15. The Morgan fingerprint density at radius 2 is 1.93 bits per heavy atom. The molecule has 2 aromatic rings. The van der Waals surface area contributed by atoms with E-state index in [-0.39, 0.29) is 30.7 Å². The molecule has 4 rings (SSSR count). The Bertz CT molecular complexity index is 754. The molecule has 0 spiro atoms. The molecule has 156 valence electrons. The van der Waals surface area contributed by atoms with Crippen LogP contribution in [0.2, 0.25) is 0 Å². The van der Waals surface area contributed by atoms with Crippen molar-refractivity contribution < 1.29 is 4.79 Å². The molecule has 4 heterocycles. The van der Waals surface area contributed by atoms with Crippen molar-refractivity contribution in [1.29, 1.82) is 0 Å². The number of nitrogens with zero attached hydrogens (tertiary/aromatic N) is 6. The van der Waals surface area contributed by atoms with Crippen LogP contribution < -0.4 is 10.2 Å². The lowest BCUT2D eigenvalue weighted by Gasteiger charge is -2.34. The molecule has 0 aromatic carbocycles. The Hall–Kier alpha value is -1.42. The van der Waals surface area contributed by atoms with E-state index in [4.69, 9.17) is 0 Å². The molecule has 8 nitrogen and oxygen atoms in total. The van der Waals surface area contributed by atoms with E-state index in [0.29, 0.717) is 24.8 Å². The van der Waals surface area contributed by atoms with Crippen molar-refractivity contribution in [2.75, 3.05) is 44.2 Å². The smallest absolute Gasteiger partial charge is 0.276 e. The average Bonchev–Trinajstić information content (AvgIpc) is 3.38. The molecule has 2 aliphatic rings. The number of hydrogen-bond acceptors (Lipinski definition) is 7. The van der Waals surface area contributed by atoms with E-state index >= 15 is 0 Å². The molecular weight excluding hydrogens is 421 g/mol. The Morgan fingerprint density at radius 1 is 1.21 bits per heavy atom. The molecule has 2 fully saturated rings. The normalized spacial score (nSPS) is 17.8. The van der Waals surface area contributed by atoms with Crippen molar-refractivity contribution in [3.05, 3.63) is 23.0 Å². The van der Waals surface area contributed by atoms with Gasteiger partial charge in [0.15, 0.2) is 10.8 Å². The molecule has 0 atom stereocenters. The number of halogens is 2. The maximum atomic E-state index is 12.8. The highest BCUT2D eigenvalue weighted by Gasteiger charge is 2.26. The number of carbonyl (C=O) groups excluding carboxylic acids is 1. The van der Waals surface area contributed by atoms with Crippen molar-refractivity contribution in [3.8, 4) is 0 Å². The summed E-state index contributed by atoms with van der Waals surface area (Å²) in [6, 6.07) is 0.347. The van der Waals surface area contributed by atoms with Crippen molar-refractivity contribution in [2.45, 2.75) is 32.2 Å². The Balaban J connectivity index is 0.00000140. The summed E-state index contributed by atoms with van der Waals surface area (Å²) in [6.07, 6.45) is 6.85. The largest absolute Gasteiger partial charge is 0.345 e. The quantitative estimate of drug-likeness (QED) is 0.771. The summed E-state index contributed by atoms with van der Waals surface area (Å²) in [5.74, 6) is -0.0155. The molecule has 0 unspecified atom stereocenters. The number of piperazine rings is 1. The van der Waals surface area contributed by atoms with E-state index in [1.54, 1.807) is 11.3 Å². The number of aryl methyl sites for hydroxylation is 1. The molecule has 11 heteroatoms. The maximum Gasteiger partial charge on any atom is 0.276 e. The van der Waals surface area contributed by atoms with Gasteiger partial charge in [0.2, 0.25) is 0 Å². The zero-order valence-corrected chi connectivity index (χ0v) is 18.4. The summed E-state index contributed by atoms with van der Waals surface area (Å²) >= 11 is 1.75. The van der Waals surface area contributed by atoms with Crippen LogP contribution in [-0.4, -0.2) is 70.1 Å². The van der Waals surface area contributed by atoms with Crippen LogP contribution in [0, 0.1) is 0 Å². The van der Waals surface area contributed by atoms with Gasteiger partial charge in [0.05, 0.1) is 12.2 Å². The van der Waals surface area contributed by atoms with E-state index in [1.807, 2.05) is 22.0 Å². The van der Waals surface area contributed by atoms with Gasteiger partial charge in [-0.2, -0.15) is 0 Å². The van der Waals surface area contributed by atoms with E-state index in [9.17, 15) is 4.79 Å². The summed E-state index contributed by atoms with van der Waals surface area (Å²) < 4.78 is 1.87. The number of carbonyl (C=O) groups is 1. The van der Waals surface area contributed by atoms with E-state index in [1.165, 1.54) is 4.88 Å². The molecule has 0 aliphatic carbocycles. The first-order chi connectivity index (χ1) is 12.7. The molecule has 1 amide bonds. The first-order valence-electron chi connectivity index (χ1n) is 9.36. The van der Waals surface area contributed by atoms with E-state index < -0.39 is 0 Å². The molecule has 2 aliphatic heterocycles. The Kier molecular flexibility index (Phi) is 8.48. The van der Waals surface area contributed by atoms with Crippen molar-refractivity contribution in [3.63, 3.8) is 0 Å². The third-order valence-corrected chi connectivity index (χ3v) is 6.34. The van der Waals surface area contributed by atoms with Crippen LogP contribution in [0.3, 0.4) is 0 Å². The summed E-state index contributed by atoms with van der Waals surface area (Å²) in [4.78, 5) is 22.7. The fourth-order valence-electron chi connectivity index (χ4n) is 3.49. The van der Waals surface area contributed by atoms with Gasteiger partial charge in [-0.1, -0.05) is 12.1 Å². The second kappa shape index (κ2) is 10.4. The van der Waals surface area contributed by atoms with Crippen LogP contribution in [0.1, 0.15) is 41.2 Å². The molecule has 1 N–H and O–H groups in total. The summed E-state index contributed by atoms with van der Waals surface area (Å²) in [6.45, 7) is 7.14. The third-order valence-electron chi connectivity index (χ3n) is 5.14. The van der Waals surface area contributed by atoms with E-state index in [0.717, 1.165) is 50.6 Å². The summed E-state index contributed by atoms with van der Waals surface area (Å²) in [7, 11) is 0. The number of anilines is 1. The van der Waals surface area contributed by atoms with Crippen LogP contribution in [-0.2, 0) is 6.42 Å². The molecule has 0 bridgehead atoms. The van der Waals surface area contributed by atoms with Gasteiger partial charge in [-0.25, -0.2) is 9.67 Å². The van der Waals surface area contributed by atoms with Gasteiger partial charge in [0, 0.05) is 37.3 Å². The van der Waals surface area contributed by atoms with Crippen LogP contribution >= 0.6 is 36.2 Å². The summed E-state index contributed by atoms with van der Waals surface area (Å²) in [5.41, 5.74) is 0.458. The number of piperidine rings is 1. The van der Waals surface area contributed by atoms with Crippen LogP contribution in [0.4, 0.5) is 5.13 Å². The summed E-state index contributed by atoms with van der Waals surface area (Å²) in [5, 5.41) is 12.7. The fraction of sp³-hybridized carbons (Fsp3) is 0.647. The van der Waals surface area contributed by atoms with Crippen molar-refractivity contribution in [1.82, 2.24) is 30.2 Å². The minimum Gasteiger partial charge on any atom is -0.345 e. The fourth-order valence-corrected chi connectivity index (χ4v) is 4.40. The van der Waals surface area contributed by atoms with Gasteiger partial charge in [-0.15, -0.1) is 41.2 Å². The predicted octanol–water partition coefficient (Wildman–Crippen LogP) is 2.03. The van der Waals surface area contributed by atoms with Gasteiger partial charge >= 0.3 is 0 Å². The molecule has 2 aromatic heterocycles. The van der Waals surface area contributed by atoms with Gasteiger partial charge in [0.1, 0.15) is 0 Å². The Labute approximate surface area is 181 Å². The lowest BCUT2D eigenvalue weighted by atomic mass is 10.1. The molecule has 28 heavy (non-hydrogen) atoms. The van der Waals surface area contributed by atoms with E-state index in [2.05, 4.69) is 32.4 Å². The number of aromatic nitrogens is 4. The lowest BCUT2D eigenvalue weighted by Crippen LogP contribution is -2.48. The first kappa shape index (κ1) is 22.9. The Morgan fingerprint density at radius 3 is 2.57 bits per heavy atom. The van der Waals surface area contributed by atoms with Crippen molar-refractivity contribution >= 4 is 47.2 Å². The lowest BCUT2D eigenvalue weighted by molar-refractivity contribution is 0.0740.